The number of nitrogens with one attached hydrogen (secondary N) is 1. The molecule has 1 unspecified atom stereocenters. The molecule has 0 saturated carbocycles. The number of aromatic hydroxyl groups is 1. The van der Waals surface area contributed by atoms with Crippen LogP contribution in [0.1, 0.15) is 25.8 Å². The van der Waals surface area contributed by atoms with E-state index >= 15 is 0 Å². The first-order chi connectivity index (χ1) is 8.95. The standard InChI is InChI=1S/C14H20BrNO3/c1-9(2)7-12(14(18)19-3)16-8-10-5-4-6-11(15)13(10)17/h4-6,9,12,16-17H,7-8H2,1-3H3. The fourth-order valence-corrected chi connectivity index (χ4v) is 2.22. The molecule has 19 heavy (non-hydrogen) atoms. The van der Waals surface area contributed by atoms with E-state index in [0.29, 0.717) is 23.4 Å². The number of para-hydroxylation sites is 1. The van der Waals surface area contributed by atoms with Gasteiger partial charge in [-0.3, -0.25) is 4.79 Å². The molecule has 0 heterocycles. The van der Waals surface area contributed by atoms with Crippen molar-refractivity contribution in [2.75, 3.05) is 7.11 Å². The SMILES string of the molecule is COC(=O)C(CC(C)C)NCc1cccc(Br)c1O. The van der Waals surface area contributed by atoms with E-state index in [0.717, 1.165) is 5.56 Å². The maximum absolute atomic E-state index is 11.7. The lowest BCUT2D eigenvalue weighted by atomic mass is 10.0. The highest BCUT2D eigenvalue weighted by atomic mass is 79.9. The summed E-state index contributed by atoms with van der Waals surface area (Å²) < 4.78 is 5.43. The number of carbonyl (C=O) groups is 1. The van der Waals surface area contributed by atoms with E-state index in [-0.39, 0.29) is 17.8 Å². The first-order valence-corrected chi connectivity index (χ1v) is 7.02. The Labute approximate surface area is 122 Å². The van der Waals surface area contributed by atoms with Crippen molar-refractivity contribution in [1.29, 1.82) is 0 Å². The second kappa shape index (κ2) is 7.50. The molecule has 106 valence electrons. The van der Waals surface area contributed by atoms with Crippen molar-refractivity contribution in [2.45, 2.75) is 32.9 Å². The average molecular weight is 330 g/mol. The number of carbonyl (C=O) groups excluding carboxylic acids is 1. The average Bonchev–Trinajstić information content (AvgIpc) is 2.37. The molecule has 0 spiro atoms. The second-order valence-electron chi connectivity index (χ2n) is 4.83. The predicted octanol–water partition coefficient (Wildman–Crippen LogP) is 2.83. The lowest BCUT2D eigenvalue weighted by Crippen LogP contribution is -2.38. The third-order valence-corrected chi connectivity index (χ3v) is 3.44. The van der Waals surface area contributed by atoms with Gasteiger partial charge in [0.05, 0.1) is 11.6 Å². The van der Waals surface area contributed by atoms with Gasteiger partial charge in [0, 0.05) is 12.1 Å². The van der Waals surface area contributed by atoms with Crippen molar-refractivity contribution in [3.8, 4) is 5.75 Å². The second-order valence-corrected chi connectivity index (χ2v) is 5.69. The fraction of sp³-hybridized carbons (Fsp3) is 0.500. The summed E-state index contributed by atoms with van der Waals surface area (Å²) in [6.07, 6.45) is 0.696. The van der Waals surface area contributed by atoms with Gasteiger partial charge in [0.25, 0.3) is 0 Å². The molecule has 4 nitrogen and oxygen atoms in total. The Balaban J connectivity index is 2.70. The van der Waals surface area contributed by atoms with Gasteiger partial charge in [-0.2, -0.15) is 0 Å². The van der Waals surface area contributed by atoms with E-state index < -0.39 is 0 Å². The topological polar surface area (TPSA) is 58.6 Å². The Morgan fingerprint density at radius 2 is 2.16 bits per heavy atom. The molecular formula is C14H20BrNO3. The molecular weight excluding hydrogens is 310 g/mol. The minimum Gasteiger partial charge on any atom is -0.506 e. The summed E-state index contributed by atoms with van der Waals surface area (Å²) in [6.45, 7) is 4.51. The third-order valence-electron chi connectivity index (χ3n) is 2.80. The smallest absolute Gasteiger partial charge is 0.322 e. The maximum atomic E-state index is 11.7. The van der Waals surface area contributed by atoms with Gasteiger partial charge in [0.15, 0.2) is 0 Å². The summed E-state index contributed by atoms with van der Waals surface area (Å²) in [7, 11) is 1.38. The first-order valence-electron chi connectivity index (χ1n) is 6.23. The van der Waals surface area contributed by atoms with E-state index in [4.69, 9.17) is 4.74 Å². The predicted molar refractivity (Wildman–Crippen MR) is 77.9 cm³/mol. The van der Waals surface area contributed by atoms with Gasteiger partial charge in [-0.05, 0) is 34.3 Å². The molecule has 0 fully saturated rings. The summed E-state index contributed by atoms with van der Waals surface area (Å²) in [4.78, 5) is 11.7. The molecule has 0 aromatic heterocycles. The van der Waals surface area contributed by atoms with Gasteiger partial charge in [0.2, 0.25) is 0 Å². The van der Waals surface area contributed by atoms with Crippen LogP contribution in [0.2, 0.25) is 0 Å². The van der Waals surface area contributed by atoms with Gasteiger partial charge >= 0.3 is 5.97 Å². The van der Waals surface area contributed by atoms with E-state index in [9.17, 15) is 9.90 Å². The quantitative estimate of drug-likeness (QED) is 0.788. The zero-order valence-corrected chi connectivity index (χ0v) is 13.0. The third kappa shape index (κ3) is 4.84. The summed E-state index contributed by atoms with van der Waals surface area (Å²) in [5.74, 6) is 0.305. The number of benzene rings is 1. The maximum Gasteiger partial charge on any atom is 0.322 e. The number of phenols is 1. The Morgan fingerprint density at radius 3 is 2.74 bits per heavy atom. The Morgan fingerprint density at radius 1 is 1.47 bits per heavy atom. The Kier molecular flexibility index (Phi) is 6.31. The van der Waals surface area contributed by atoms with Crippen LogP contribution in [0, 0.1) is 5.92 Å². The van der Waals surface area contributed by atoms with Crippen LogP contribution in [-0.2, 0) is 16.1 Å². The highest BCUT2D eigenvalue weighted by molar-refractivity contribution is 9.10. The zero-order chi connectivity index (χ0) is 14.4. The van der Waals surface area contributed by atoms with Gasteiger partial charge in [-0.15, -0.1) is 0 Å². The van der Waals surface area contributed by atoms with Crippen LogP contribution in [0.5, 0.6) is 5.75 Å². The van der Waals surface area contributed by atoms with Gasteiger partial charge in [-0.25, -0.2) is 0 Å². The number of hydrogen-bond acceptors (Lipinski definition) is 4. The van der Waals surface area contributed by atoms with Crippen molar-refractivity contribution in [3.05, 3.63) is 28.2 Å². The normalized spacial score (nSPS) is 12.5. The number of ether oxygens (including phenoxy) is 1. The van der Waals surface area contributed by atoms with E-state index in [1.807, 2.05) is 26.0 Å². The van der Waals surface area contributed by atoms with Crippen molar-refractivity contribution < 1.29 is 14.6 Å². The Hall–Kier alpha value is -1.07. The molecule has 1 atom stereocenters. The summed E-state index contributed by atoms with van der Waals surface area (Å²) >= 11 is 3.27. The molecule has 0 radical (unpaired) electrons. The van der Waals surface area contributed by atoms with E-state index in [1.165, 1.54) is 7.11 Å². The van der Waals surface area contributed by atoms with E-state index in [2.05, 4.69) is 21.2 Å². The van der Waals surface area contributed by atoms with Gasteiger partial charge < -0.3 is 15.2 Å². The number of esters is 1. The van der Waals surface area contributed by atoms with Crippen LogP contribution in [0.4, 0.5) is 0 Å². The van der Waals surface area contributed by atoms with Crippen molar-refractivity contribution in [1.82, 2.24) is 5.32 Å². The highest BCUT2D eigenvalue weighted by Gasteiger charge is 2.20. The lowest BCUT2D eigenvalue weighted by Gasteiger charge is -2.18. The van der Waals surface area contributed by atoms with Crippen molar-refractivity contribution >= 4 is 21.9 Å². The van der Waals surface area contributed by atoms with Gasteiger partial charge in [0.1, 0.15) is 11.8 Å². The van der Waals surface area contributed by atoms with Crippen molar-refractivity contribution in [3.63, 3.8) is 0 Å². The highest BCUT2D eigenvalue weighted by Crippen LogP contribution is 2.27. The molecule has 2 N–H and O–H groups in total. The number of hydrogen-bond donors (Lipinski definition) is 2. The molecule has 1 aromatic rings. The molecule has 0 aliphatic rings. The monoisotopic (exact) mass is 329 g/mol. The van der Waals surface area contributed by atoms with Crippen LogP contribution >= 0.6 is 15.9 Å². The lowest BCUT2D eigenvalue weighted by molar-refractivity contribution is -0.143. The molecule has 5 heteroatoms. The minimum atomic E-state index is -0.358. The molecule has 0 bridgehead atoms. The molecule has 0 amide bonds. The van der Waals surface area contributed by atoms with Crippen LogP contribution < -0.4 is 5.32 Å². The van der Waals surface area contributed by atoms with Crippen molar-refractivity contribution in [2.24, 2.45) is 5.92 Å². The number of halogens is 1. The number of rotatable bonds is 6. The van der Waals surface area contributed by atoms with Crippen LogP contribution in [0.15, 0.2) is 22.7 Å². The molecule has 1 rings (SSSR count). The summed E-state index contributed by atoms with van der Waals surface area (Å²) in [5.41, 5.74) is 0.743. The zero-order valence-electron chi connectivity index (χ0n) is 11.4. The van der Waals surface area contributed by atoms with E-state index in [1.54, 1.807) is 6.07 Å². The molecule has 0 aliphatic carbocycles. The first kappa shape index (κ1) is 16.0. The Bertz CT molecular complexity index is 435. The number of phenolic OH excluding ortho intramolecular Hbond substituents is 1. The van der Waals surface area contributed by atoms with Gasteiger partial charge in [-0.1, -0.05) is 26.0 Å². The molecule has 0 saturated heterocycles. The van der Waals surface area contributed by atoms with Crippen LogP contribution in [-0.4, -0.2) is 24.2 Å². The largest absolute Gasteiger partial charge is 0.506 e. The van der Waals surface area contributed by atoms with Crippen LogP contribution in [0.3, 0.4) is 0 Å². The fourth-order valence-electron chi connectivity index (χ4n) is 1.81. The molecule has 0 aliphatic heterocycles. The van der Waals surface area contributed by atoms with Crippen LogP contribution in [0.25, 0.3) is 0 Å². The summed E-state index contributed by atoms with van der Waals surface area (Å²) in [5, 5.41) is 13.0. The summed E-state index contributed by atoms with van der Waals surface area (Å²) in [6, 6.07) is 5.07. The number of methoxy groups -OCH3 is 1. The molecule has 1 aromatic carbocycles. The minimum absolute atomic E-state index is 0.197.